The minimum absolute atomic E-state index is 0.00417. The van der Waals surface area contributed by atoms with E-state index in [1.54, 1.807) is 12.2 Å². The number of rotatable bonds is 40. The predicted molar refractivity (Wildman–Crippen MR) is 243 cm³/mol. The number of esters is 2. The topological polar surface area (TPSA) is 169 Å². The van der Waals surface area contributed by atoms with Crippen LogP contribution >= 0.6 is 7.82 Å². The lowest BCUT2D eigenvalue weighted by atomic mass is 10.1. The van der Waals surface area contributed by atoms with Crippen LogP contribution in [0.2, 0.25) is 0 Å². The molecule has 2 unspecified atom stereocenters. The van der Waals surface area contributed by atoms with Crippen molar-refractivity contribution in [2.75, 3.05) is 26.4 Å². The quantitative estimate of drug-likeness (QED) is 0.0152. The molecule has 0 aromatic carbocycles. The monoisotopic (exact) mass is 863 g/mol. The van der Waals surface area contributed by atoms with Crippen molar-refractivity contribution in [2.45, 2.75) is 167 Å². The number of allylic oxidation sites excluding steroid dienone is 15. The summed E-state index contributed by atoms with van der Waals surface area (Å²) in [7, 11) is -4.68. The first-order valence-corrected chi connectivity index (χ1v) is 23.8. The molecule has 0 aliphatic carbocycles. The molecule has 12 heteroatoms. The van der Waals surface area contributed by atoms with Crippen LogP contribution in [0.4, 0.5) is 0 Å². The Morgan fingerprint density at radius 3 is 1.70 bits per heavy atom. The Bertz CT molecular complexity index is 1330. The van der Waals surface area contributed by atoms with Gasteiger partial charge in [-0.1, -0.05) is 150 Å². The molecule has 60 heavy (non-hydrogen) atoms. The van der Waals surface area contributed by atoms with Gasteiger partial charge in [-0.3, -0.25) is 18.6 Å². The Labute approximate surface area is 362 Å². The summed E-state index contributed by atoms with van der Waals surface area (Å²) in [5.74, 6) is -1.17. The van der Waals surface area contributed by atoms with Gasteiger partial charge in [0.1, 0.15) is 12.7 Å². The Morgan fingerprint density at radius 2 is 1.10 bits per heavy atom. The van der Waals surface area contributed by atoms with Crippen molar-refractivity contribution < 1.29 is 52.9 Å². The molecule has 0 spiro atoms. The Balaban J connectivity index is 4.55. The molecule has 4 atom stereocenters. The van der Waals surface area contributed by atoms with Crippen LogP contribution in [0.5, 0.6) is 0 Å². The second-order valence-corrected chi connectivity index (χ2v) is 16.0. The van der Waals surface area contributed by atoms with Crippen LogP contribution in [0.3, 0.4) is 0 Å². The maximum Gasteiger partial charge on any atom is 0.472 e. The summed E-state index contributed by atoms with van der Waals surface area (Å²) < 4.78 is 32.6. The third-order valence-corrected chi connectivity index (χ3v) is 9.78. The van der Waals surface area contributed by atoms with E-state index in [1.165, 1.54) is 38.5 Å². The first-order valence-electron chi connectivity index (χ1n) is 22.3. The zero-order valence-corrected chi connectivity index (χ0v) is 37.6. The molecule has 0 aromatic heterocycles. The van der Waals surface area contributed by atoms with Crippen molar-refractivity contribution in [3.63, 3.8) is 0 Å². The number of unbranched alkanes of at least 4 members (excludes halogenated alkanes) is 9. The fourth-order valence-corrected chi connectivity index (χ4v) is 6.17. The average Bonchev–Trinajstić information content (AvgIpc) is 3.23. The fourth-order valence-electron chi connectivity index (χ4n) is 5.38. The lowest BCUT2D eigenvalue weighted by Crippen LogP contribution is -2.30. The van der Waals surface area contributed by atoms with Crippen LogP contribution in [0.1, 0.15) is 149 Å². The average molecular weight is 863 g/mol. The van der Waals surface area contributed by atoms with Crippen molar-refractivity contribution in [3.8, 4) is 0 Å². The minimum atomic E-state index is -4.68. The number of aliphatic hydroxyl groups is 3. The second kappa shape index (κ2) is 42.5. The van der Waals surface area contributed by atoms with Crippen molar-refractivity contribution in [1.82, 2.24) is 0 Å². The predicted octanol–water partition coefficient (Wildman–Crippen LogP) is 11.0. The van der Waals surface area contributed by atoms with E-state index in [2.05, 4.69) is 91.3 Å². The number of carbonyl (C=O) groups is 2. The highest BCUT2D eigenvalue weighted by Crippen LogP contribution is 2.43. The molecule has 0 aromatic rings. The number of phosphoric ester groups is 1. The Morgan fingerprint density at radius 1 is 0.583 bits per heavy atom. The SMILES string of the molecule is CC/C=C\C/C=C\C/C=C\C/C=C\C/C=C\CCCCCC(=O)O[C@H](COC(=O)CCCC(O)/C=C/C=C/C/C=C/CCCCCCCC)COP(=O)(O)OC[C@@H](O)CO. The van der Waals surface area contributed by atoms with Crippen molar-refractivity contribution in [3.05, 3.63) is 97.2 Å². The number of aliphatic hydroxyl groups excluding tert-OH is 3. The summed E-state index contributed by atoms with van der Waals surface area (Å²) in [6, 6.07) is 0. The van der Waals surface area contributed by atoms with E-state index in [9.17, 15) is 29.3 Å². The molecule has 4 N–H and O–H groups in total. The molecular formula is C48H79O11P. The maximum absolute atomic E-state index is 12.6. The molecule has 0 rings (SSSR count). The number of hydrogen-bond donors (Lipinski definition) is 4. The summed E-state index contributed by atoms with van der Waals surface area (Å²) in [6.07, 6.45) is 48.3. The maximum atomic E-state index is 12.6. The second-order valence-electron chi connectivity index (χ2n) is 14.5. The number of phosphoric acid groups is 1. The molecule has 0 saturated heterocycles. The highest BCUT2D eigenvalue weighted by atomic mass is 31.2. The van der Waals surface area contributed by atoms with Crippen LogP contribution < -0.4 is 0 Å². The van der Waals surface area contributed by atoms with Crippen molar-refractivity contribution >= 4 is 19.8 Å². The van der Waals surface area contributed by atoms with Gasteiger partial charge in [-0.25, -0.2) is 4.57 Å². The molecule has 11 nitrogen and oxygen atoms in total. The summed E-state index contributed by atoms with van der Waals surface area (Å²) in [5, 5.41) is 28.6. The zero-order valence-electron chi connectivity index (χ0n) is 36.7. The molecule has 0 fully saturated rings. The van der Waals surface area contributed by atoms with Crippen LogP contribution in [0, 0.1) is 0 Å². The van der Waals surface area contributed by atoms with Crippen molar-refractivity contribution in [1.29, 1.82) is 0 Å². The molecule has 0 bridgehead atoms. The number of hydrogen-bond acceptors (Lipinski definition) is 10. The molecule has 0 amide bonds. The van der Waals surface area contributed by atoms with Crippen LogP contribution in [0.25, 0.3) is 0 Å². The van der Waals surface area contributed by atoms with Crippen molar-refractivity contribution in [2.24, 2.45) is 0 Å². The van der Waals surface area contributed by atoms with Gasteiger partial charge in [-0.15, -0.1) is 0 Å². The van der Waals surface area contributed by atoms with Gasteiger partial charge in [0, 0.05) is 12.8 Å². The molecule has 0 saturated carbocycles. The molecule has 342 valence electrons. The van der Waals surface area contributed by atoms with E-state index in [4.69, 9.17) is 19.1 Å². The van der Waals surface area contributed by atoms with Gasteiger partial charge in [0.25, 0.3) is 0 Å². The van der Waals surface area contributed by atoms with E-state index >= 15 is 0 Å². The summed E-state index contributed by atoms with van der Waals surface area (Å²) in [4.78, 5) is 35.0. The van der Waals surface area contributed by atoms with Gasteiger partial charge >= 0.3 is 19.8 Å². The van der Waals surface area contributed by atoms with Crippen LogP contribution in [-0.4, -0.2) is 76.9 Å². The first-order chi connectivity index (χ1) is 29.1. The molecular weight excluding hydrogens is 783 g/mol. The highest BCUT2D eigenvalue weighted by molar-refractivity contribution is 7.47. The van der Waals surface area contributed by atoms with E-state index in [1.807, 2.05) is 12.2 Å². The van der Waals surface area contributed by atoms with Crippen LogP contribution in [-0.2, 0) is 32.7 Å². The summed E-state index contributed by atoms with van der Waals surface area (Å²) in [6.45, 7) is 1.98. The van der Waals surface area contributed by atoms with Gasteiger partial charge < -0.3 is 29.7 Å². The van der Waals surface area contributed by atoms with Crippen LogP contribution in [0.15, 0.2) is 97.2 Å². The van der Waals surface area contributed by atoms with Gasteiger partial charge in [0.05, 0.1) is 25.9 Å². The van der Waals surface area contributed by atoms with Gasteiger partial charge in [0.2, 0.25) is 0 Å². The first kappa shape index (κ1) is 56.9. The largest absolute Gasteiger partial charge is 0.472 e. The zero-order chi connectivity index (χ0) is 44.2. The Hall–Kier alpha value is -3.15. The fraction of sp³-hybridized carbons (Fsp3) is 0.625. The third kappa shape index (κ3) is 41.6. The van der Waals surface area contributed by atoms with Gasteiger partial charge in [0.15, 0.2) is 6.10 Å². The number of ether oxygens (including phenoxy) is 2. The summed E-state index contributed by atoms with van der Waals surface area (Å²) >= 11 is 0. The van der Waals surface area contributed by atoms with E-state index in [-0.39, 0.29) is 12.8 Å². The molecule has 0 aliphatic rings. The lowest BCUT2D eigenvalue weighted by Gasteiger charge is -2.20. The molecule has 0 radical (unpaired) electrons. The smallest absolute Gasteiger partial charge is 0.462 e. The molecule has 0 heterocycles. The molecule has 0 aliphatic heterocycles. The van der Waals surface area contributed by atoms with E-state index < -0.39 is 64.5 Å². The van der Waals surface area contributed by atoms with E-state index in [0.717, 1.165) is 64.2 Å². The summed E-state index contributed by atoms with van der Waals surface area (Å²) in [5.41, 5.74) is 0. The lowest BCUT2D eigenvalue weighted by molar-refractivity contribution is -0.161. The standard InChI is InChI=1S/C48H79O11P/c1-3-5-7-9-11-13-15-17-18-19-20-21-22-24-26-28-30-32-34-38-48(53)59-46(43-58-60(54,55)57-41-45(51)40-49)42-56-47(52)39-35-37-44(50)36-33-31-29-27-25-23-16-14-12-10-8-6-4-2/h5,7,11,13,17-18,20-21,23-26,29,31,33,36,44-46,49-51H,3-4,6,8-10,12,14-16,19,22,27-28,30,32,34-35,37-43H2,1-2H3,(H,54,55)/b7-5-,13-11-,18-17-,21-20-,25-23+,26-24-,31-29+,36-33+/t44?,45-,46+/m0/s1. The van der Waals surface area contributed by atoms with Gasteiger partial charge in [-0.05, 0) is 83.5 Å². The third-order valence-electron chi connectivity index (χ3n) is 8.83. The number of carbonyl (C=O) groups excluding carboxylic acids is 2. The normalized spacial score (nSPS) is 15.2. The minimum Gasteiger partial charge on any atom is -0.462 e. The van der Waals surface area contributed by atoms with E-state index in [0.29, 0.717) is 19.3 Å². The Kier molecular flexibility index (Phi) is 40.3. The highest BCUT2D eigenvalue weighted by Gasteiger charge is 2.27. The van der Waals surface area contributed by atoms with Gasteiger partial charge in [-0.2, -0.15) is 0 Å².